The van der Waals surface area contributed by atoms with Crippen LogP contribution in [-0.4, -0.2) is 84.0 Å². The molecular formula is C31H53N5O3. The summed E-state index contributed by atoms with van der Waals surface area (Å²) in [6, 6.07) is 2.90. The molecule has 0 radical (unpaired) electrons. The first-order chi connectivity index (χ1) is 18.6. The summed E-state index contributed by atoms with van der Waals surface area (Å²) in [5.74, 6) is 3.05. The van der Waals surface area contributed by atoms with Gasteiger partial charge >= 0.3 is 0 Å². The molecule has 2 N–H and O–H groups in total. The van der Waals surface area contributed by atoms with Gasteiger partial charge in [0.25, 0.3) is 0 Å². The van der Waals surface area contributed by atoms with Crippen molar-refractivity contribution in [2.24, 2.45) is 11.8 Å². The second-order valence-corrected chi connectivity index (χ2v) is 13.4. The van der Waals surface area contributed by atoms with E-state index >= 15 is 0 Å². The van der Waals surface area contributed by atoms with Crippen LogP contribution in [0.3, 0.4) is 0 Å². The Morgan fingerprint density at radius 2 is 1.79 bits per heavy atom. The molecule has 1 amide bonds. The molecular weight excluding hydrogens is 490 g/mol. The zero-order valence-corrected chi connectivity index (χ0v) is 25.1. The number of aliphatic hydroxyl groups excluding tert-OH is 1. The molecule has 1 aliphatic heterocycles. The van der Waals surface area contributed by atoms with Crippen molar-refractivity contribution in [2.75, 3.05) is 44.8 Å². The number of hydrogen-bond donors (Lipinski definition) is 2. The van der Waals surface area contributed by atoms with Crippen molar-refractivity contribution >= 4 is 11.7 Å². The molecule has 0 bridgehead atoms. The number of ether oxygens (including phenoxy) is 1. The normalized spacial score (nSPS) is 28.9. The molecule has 220 valence electrons. The maximum atomic E-state index is 12.7. The van der Waals surface area contributed by atoms with Crippen LogP contribution in [0.25, 0.3) is 0 Å². The lowest BCUT2D eigenvalue weighted by molar-refractivity contribution is -0.127. The third kappa shape index (κ3) is 8.61. The number of nitrogens with zero attached hydrogens (tertiary/aromatic N) is 4. The van der Waals surface area contributed by atoms with Crippen LogP contribution < -0.4 is 10.2 Å². The molecule has 1 saturated heterocycles. The highest BCUT2D eigenvalue weighted by Crippen LogP contribution is 2.30. The van der Waals surface area contributed by atoms with Crippen molar-refractivity contribution < 1.29 is 14.6 Å². The number of methoxy groups -OCH3 is 1. The number of amides is 1. The number of aromatic nitrogens is 2. The average Bonchev–Trinajstić information content (AvgIpc) is 2.91. The van der Waals surface area contributed by atoms with E-state index in [4.69, 9.17) is 14.7 Å². The lowest BCUT2D eigenvalue weighted by Crippen LogP contribution is -2.52. The number of rotatable bonds is 9. The summed E-state index contributed by atoms with van der Waals surface area (Å²) >= 11 is 0. The van der Waals surface area contributed by atoms with Gasteiger partial charge in [-0.05, 0) is 77.2 Å². The second kappa shape index (κ2) is 13.7. The number of aliphatic hydroxyl groups is 1. The highest BCUT2D eigenvalue weighted by atomic mass is 16.5. The van der Waals surface area contributed by atoms with Crippen LogP contribution in [0.1, 0.15) is 97.0 Å². The zero-order chi connectivity index (χ0) is 28.0. The van der Waals surface area contributed by atoms with E-state index in [2.05, 4.69) is 48.9 Å². The molecule has 0 unspecified atom stereocenters. The van der Waals surface area contributed by atoms with Crippen LogP contribution in [0, 0.1) is 11.8 Å². The second-order valence-electron chi connectivity index (χ2n) is 13.4. The van der Waals surface area contributed by atoms with E-state index in [0.717, 1.165) is 94.4 Å². The monoisotopic (exact) mass is 543 g/mol. The van der Waals surface area contributed by atoms with E-state index in [9.17, 15) is 9.90 Å². The Hall–Kier alpha value is -1.77. The number of carbonyl (C=O) groups excluding carboxylic acids is 1. The molecule has 4 rings (SSSR count). The van der Waals surface area contributed by atoms with Gasteiger partial charge in [-0.3, -0.25) is 9.69 Å². The molecule has 1 aromatic heterocycles. The summed E-state index contributed by atoms with van der Waals surface area (Å²) in [6.45, 7) is 13.8. The summed E-state index contributed by atoms with van der Waals surface area (Å²) < 4.78 is 5.31. The average molecular weight is 544 g/mol. The predicted octanol–water partition coefficient (Wildman–Crippen LogP) is 4.09. The molecule has 8 nitrogen and oxygen atoms in total. The SMILES string of the molecule is COCCc1cc(N2CCN(CC[C@H]3CC[C@H](NC(=O)[C@H]4CC[C@@H](O)CC4)CC3)C[C@@H]2C)nc(C(C)(C)C)n1. The van der Waals surface area contributed by atoms with Gasteiger partial charge in [-0.2, -0.15) is 0 Å². The highest BCUT2D eigenvalue weighted by molar-refractivity contribution is 5.79. The first-order valence-electron chi connectivity index (χ1n) is 15.5. The molecule has 1 aromatic rings. The maximum absolute atomic E-state index is 12.7. The van der Waals surface area contributed by atoms with Gasteiger partial charge < -0.3 is 20.1 Å². The molecule has 1 atom stereocenters. The summed E-state index contributed by atoms with van der Waals surface area (Å²) in [5.41, 5.74) is 0.968. The Kier molecular flexibility index (Phi) is 10.6. The fourth-order valence-corrected chi connectivity index (χ4v) is 6.49. The minimum absolute atomic E-state index is 0.0931. The zero-order valence-electron chi connectivity index (χ0n) is 25.1. The summed E-state index contributed by atoms with van der Waals surface area (Å²) in [6.07, 6.45) is 9.68. The smallest absolute Gasteiger partial charge is 0.223 e. The summed E-state index contributed by atoms with van der Waals surface area (Å²) in [4.78, 5) is 27.6. The minimum atomic E-state index is -0.206. The van der Waals surface area contributed by atoms with Crippen molar-refractivity contribution in [3.63, 3.8) is 0 Å². The van der Waals surface area contributed by atoms with Crippen LogP contribution in [0.4, 0.5) is 5.82 Å². The minimum Gasteiger partial charge on any atom is -0.393 e. The van der Waals surface area contributed by atoms with Crippen molar-refractivity contribution in [1.29, 1.82) is 0 Å². The van der Waals surface area contributed by atoms with E-state index in [0.29, 0.717) is 18.7 Å². The van der Waals surface area contributed by atoms with Crippen molar-refractivity contribution in [1.82, 2.24) is 20.2 Å². The fraction of sp³-hybridized carbons (Fsp3) is 0.839. The molecule has 2 aliphatic carbocycles. The Labute approximate surface area is 236 Å². The van der Waals surface area contributed by atoms with Gasteiger partial charge in [-0.1, -0.05) is 20.8 Å². The quantitative estimate of drug-likeness (QED) is 0.485. The van der Waals surface area contributed by atoms with E-state index in [-0.39, 0.29) is 23.3 Å². The van der Waals surface area contributed by atoms with Crippen LogP contribution in [-0.2, 0) is 21.4 Å². The number of nitrogens with one attached hydrogen (secondary N) is 1. The lowest BCUT2D eigenvalue weighted by Gasteiger charge is -2.41. The first-order valence-corrected chi connectivity index (χ1v) is 15.5. The van der Waals surface area contributed by atoms with Gasteiger partial charge in [-0.15, -0.1) is 0 Å². The van der Waals surface area contributed by atoms with E-state index in [1.54, 1.807) is 7.11 Å². The molecule has 0 spiro atoms. The molecule has 2 heterocycles. The number of carbonyl (C=O) groups is 1. The van der Waals surface area contributed by atoms with Crippen molar-refractivity contribution in [3.05, 3.63) is 17.6 Å². The maximum Gasteiger partial charge on any atom is 0.223 e. The Morgan fingerprint density at radius 1 is 1.08 bits per heavy atom. The van der Waals surface area contributed by atoms with E-state index < -0.39 is 0 Å². The highest BCUT2D eigenvalue weighted by Gasteiger charge is 2.30. The first kappa shape index (κ1) is 30.2. The number of piperazine rings is 1. The van der Waals surface area contributed by atoms with Crippen LogP contribution in [0.15, 0.2) is 6.07 Å². The van der Waals surface area contributed by atoms with Gasteiger partial charge in [0.1, 0.15) is 11.6 Å². The third-order valence-electron chi connectivity index (χ3n) is 9.12. The van der Waals surface area contributed by atoms with Gasteiger partial charge in [0.05, 0.1) is 12.7 Å². The molecule has 2 saturated carbocycles. The van der Waals surface area contributed by atoms with E-state index in [1.165, 1.54) is 19.3 Å². The molecule has 0 aromatic carbocycles. The molecule has 8 heteroatoms. The van der Waals surface area contributed by atoms with Crippen LogP contribution in [0.5, 0.6) is 0 Å². The Balaban J connectivity index is 1.21. The van der Waals surface area contributed by atoms with Gasteiger partial charge in [0.15, 0.2) is 0 Å². The van der Waals surface area contributed by atoms with Crippen molar-refractivity contribution in [3.8, 4) is 0 Å². The summed E-state index contributed by atoms with van der Waals surface area (Å²) in [7, 11) is 1.74. The van der Waals surface area contributed by atoms with Crippen LogP contribution in [0.2, 0.25) is 0 Å². The van der Waals surface area contributed by atoms with Crippen molar-refractivity contribution in [2.45, 2.75) is 116 Å². The predicted molar refractivity (Wildman–Crippen MR) is 156 cm³/mol. The molecule has 39 heavy (non-hydrogen) atoms. The summed E-state index contributed by atoms with van der Waals surface area (Å²) in [5, 5.41) is 13.0. The number of anilines is 1. The fourth-order valence-electron chi connectivity index (χ4n) is 6.49. The molecule has 3 aliphatic rings. The van der Waals surface area contributed by atoms with Gasteiger partial charge in [0, 0.05) is 68.3 Å². The third-order valence-corrected chi connectivity index (χ3v) is 9.12. The van der Waals surface area contributed by atoms with Gasteiger partial charge in [0.2, 0.25) is 5.91 Å². The van der Waals surface area contributed by atoms with Gasteiger partial charge in [-0.25, -0.2) is 9.97 Å². The van der Waals surface area contributed by atoms with E-state index in [1.807, 2.05) is 0 Å². The standard InChI is InChI=1S/C31H53N5O3/c1-22-21-35(17-18-36(22)28-20-26(15-19-39-5)33-30(34-28)31(2,3)4)16-14-23-6-10-25(11-7-23)32-29(38)24-8-12-27(37)13-9-24/h20,22-25,27,37H,6-19,21H2,1-5H3,(H,32,38)/t22-,23-,24-,25-,27+/m0/s1. The largest absolute Gasteiger partial charge is 0.393 e. The Bertz CT molecular complexity index is 919. The Morgan fingerprint density at radius 3 is 2.44 bits per heavy atom. The number of hydrogen-bond acceptors (Lipinski definition) is 7. The van der Waals surface area contributed by atoms with Crippen LogP contribution >= 0.6 is 0 Å². The molecule has 3 fully saturated rings. The topological polar surface area (TPSA) is 90.8 Å². The lowest BCUT2D eigenvalue weighted by atomic mass is 9.83.